The van der Waals surface area contributed by atoms with E-state index in [4.69, 9.17) is 16.3 Å². The largest absolute Gasteiger partial charge is 0.457 e. The van der Waals surface area contributed by atoms with E-state index < -0.39 is 17.7 Å². The fourth-order valence-electron chi connectivity index (χ4n) is 1.75. The third kappa shape index (κ3) is 3.08. The molecule has 0 saturated carbocycles. The summed E-state index contributed by atoms with van der Waals surface area (Å²) in [6, 6.07) is 6.61. The van der Waals surface area contributed by atoms with Crippen LogP contribution in [0.15, 0.2) is 30.3 Å². The summed E-state index contributed by atoms with van der Waals surface area (Å²) in [5.41, 5.74) is 0.700. The number of halogens is 3. The monoisotopic (exact) mass is 298 g/mol. The molecule has 2 rings (SSSR count). The third-order valence-corrected chi connectivity index (χ3v) is 3.15. The van der Waals surface area contributed by atoms with E-state index in [0.29, 0.717) is 22.6 Å². The van der Waals surface area contributed by atoms with Crippen LogP contribution in [0, 0.1) is 18.6 Å². The summed E-state index contributed by atoms with van der Waals surface area (Å²) >= 11 is 5.67. The second kappa shape index (κ2) is 5.77. The second-order valence-corrected chi connectivity index (χ2v) is 4.90. The molecule has 0 fully saturated rings. The second-order valence-electron chi connectivity index (χ2n) is 4.49. The average molecular weight is 299 g/mol. The topological polar surface area (TPSA) is 29.5 Å². The van der Waals surface area contributed by atoms with E-state index in [1.165, 1.54) is 37.3 Å². The molecule has 1 N–H and O–H groups in total. The molecule has 2 nitrogen and oxygen atoms in total. The third-order valence-electron chi connectivity index (χ3n) is 2.86. The van der Waals surface area contributed by atoms with Gasteiger partial charge in [0.15, 0.2) is 0 Å². The Balaban J connectivity index is 2.41. The molecule has 0 aromatic heterocycles. The van der Waals surface area contributed by atoms with Gasteiger partial charge in [-0.2, -0.15) is 0 Å². The molecule has 0 radical (unpaired) electrons. The normalized spacial score (nSPS) is 12.3. The molecular weight excluding hydrogens is 286 g/mol. The number of aryl methyl sites for hydroxylation is 1. The molecule has 0 spiro atoms. The zero-order chi connectivity index (χ0) is 14.9. The zero-order valence-electron chi connectivity index (χ0n) is 11.0. The molecule has 2 aromatic rings. The fourth-order valence-corrected chi connectivity index (χ4v) is 1.92. The van der Waals surface area contributed by atoms with Crippen molar-refractivity contribution in [3.63, 3.8) is 0 Å². The number of ether oxygens (including phenoxy) is 1. The molecule has 1 atom stereocenters. The van der Waals surface area contributed by atoms with E-state index >= 15 is 0 Å². The average Bonchev–Trinajstić information content (AvgIpc) is 2.37. The van der Waals surface area contributed by atoms with Crippen molar-refractivity contribution in [1.82, 2.24) is 0 Å². The maximum absolute atomic E-state index is 13.5. The molecular formula is C15H13ClF2O2. The first-order valence-electron chi connectivity index (χ1n) is 5.99. The zero-order valence-corrected chi connectivity index (χ0v) is 11.7. The predicted octanol–water partition coefficient (Wildman–Crippen LogP) is 4.77. The summed E-state index contributed by atoms with van der Waals surface area (Å²) in [5, 5.41) is 9.59. The smallest absolute Gasteiger partial charge is 0.142 e. The summed E-state index contributed by atoms with van der Waals surface area (Å²) in [5.74, 6) is -0.360. The van der Waals surface area contributed by atoms with Gasteiger partial charge in [-0.1, -0.05) is 11.6 Å². The molecule has 0 unspecified atom stereocenters. The molecule has 0 saturated heterocycles. The number of benzene rings is 2. The van der Waals surface area contributed by atoms with Crippen molar-refractivity contribution in [2.24, 2.45) is 0 Å². The van der Waals surface area contributed by atoms with Gasteiger partial charge in [0.25, 0.3) is 0 Å². The molecule has 5 heteroatoms. The molecule has 20 heavy (non-hydrogen) atoms. The van der Waals surface area contributed by atoms with Crippen molar-refractivity contribution >= 4 is 11.6 Å². The maximum Gasteiger partial charge on any atom is 0.142 e. The molecule has 106 valence electrons. The van der Waals surface area contributed by atoms with Crippen molar-refractivity contribution < 1.29 is 18.6 Å². The highest BCUT2D eigenvalue weighted by atomic mass is 35.5. The summed E-state index contributed by atoms with van der Waals surface area (Å²) in [7, 11) is 0. The molecule has 0 bridgehead atoms. The van der Waals surface area contributed by atoms with E-state index in [0.717, 1.165) is 0 Å². The van der Waals surface area contributed by atoms with Crippen molar-refractivity contribution in [3.8, 4) is 11.5 Å². The lowest BCUT2D eigenvalue weighted by atomic mass is 10.1. The van der Waals surface area contributed by atoms with Crippen LogP contribution in [0.3, 0.4) is 0 Å². The minimum absolute atomic E-state index is 0.0695. The minimum Gasteiger partial charge on any atom is -0.457 e. The van der Waals surface area contributed by atoms with Crippen LogP contribution in [-0.2, 0) is 0 Å². The summed E-state index contributed by atoms with van der Waals surface area (Å²) in [6.45, 7) is 3.10. The lowest BCUT2D eigenvalue weighted by Gasteiger charge is -2.15. The van der Waals surface area contributed by atoms with E-state index in [1.807, 2.05) is 0 Å². The Kier molecular flexibility index (Phi) is 4.26. The highest BCUT2D eigenvalue weighted by Gasteiger charge is 2.14. The molecule has 0 amide bonds. The van der Waals surface area contributed by atoms with Gasteiger partial charge < -0.3 is 9.84 Å². The van der Waals surface area contributed by atoms with Gasteiger partial charge in [-0.15, -0.1) is 0 Å². The van der Waals surface area contributed by atoms with Crippen LogP contribution in [0.25, 0.3) is 0 Å². The van der Waals surface area contributed by atoms with Crippen LogP contribution in [-0.4, -0.2) is 5.11 Å². The Morgan fingerprint density at radius 1 is 1.15 bits per heavy atom. The van der Waals surface area contributed by atoms with Crippen LogP contribution >= 0.6 is 11.6 Å². The maximum atomic E-state index is 13.5. The lowest BCUT2D eigenvalue weighted by molar-refractivity contribution is 0.195. The summed E-state index contributed by atoms with van der Waals surface area (Å²) in [4.78, 5) is 0. The predicted molar refractivity (Wildman–Crippen MR) is 73.3 cm³/mol. The van der Waals surface area contributed by atoms with E-state index in [-0.39, 0.29) is 5.02 Å². The number of hydrogen-bond donors (Lipinski definition) is 1. The molecule has 0 aliphatic carbocycles. The van der Waals surface area contributed by atoms with E-state index in [2.05, 4.69) is 0 Å². The van der Waals surface area contributed by atoms with Crippen LogP contribution < -0.4 is 4.74 Å². The van der Waals surface area contributed by atoms with E-state index in [9.17, 15) is 13.9 Å². The first-order valence-corrected chi connectivity index (χ1v) is 6.37. The number of hydrogen-bond acceptors (Lipinski definition) is 2. The van der Waals surface area contributed by atoms with Gasteiger partial charge in [0.1, 0.15) is 23.1 Å². The van der Waals surface area contributed by atoms with Crippen LogP contribution in [0.2, 0.25) is 5.02 Å². The SMILES string of the molecule is Cc1cc(Oc2ccc(F)c(Cl)c2)c([C@H](C)O)cc1F. The Morgan fingerprint density at radius 2 is 1.85 bits per heavy atom. The molecule has 2 aromatic carbocycles. The number of aliphatic hydroxyl groups excluding tert-OH is 1. The van der Waals surface area contributed by atoms with Crippen molar-refractivity contribution in [3.05, 3.63) is 58.1 Å². The lowest BCUT2D eigenvalue weighted by Crippen LogP contribution is -1.99. The van der Waals surface area contributed by atoms with Crippen molar-refractivity contribution in [1.29, 1.82) is 0 Å². The van der Waals surface area contributed by atoms with Gasteiger partial charge in [0.05, 0.1) is 11.1 Å². The molecule has 0 aliphatic rings. The van der Waals surface area contributed by atoms with Crippen LogP contribution in [0.4, 0.5) is 8.78 Å². The minimum atomic E-state index is -0.893. The summed E-state index contributed by atoms with van der Waals surface area (Å²) < 4.78 is 32.2. The van der Waals surface area contributed by atoms with Gasteiger partial charge in [-0.25, -0.2) is 8.78 Å². The van der Waals surface area contributed by atoms with Crippen molar-refractivity contribution in [2.75, 3.05) is 0 Å². The Hall–Kier alpha value is -1.65. The van der Waals surface area contributed by atoms with Crippen molar-refractivity contribution in [2.45, 2.75) is 20.0 Å². The quantitative estimate of drug-likeness (QED) is 0.884. The van der Waals surface area contributed by atoms with Crippen LogP contribution in [0.1, 0.15) is 24.2 Å². The Bertz CT molecular complexity index is 642. The van der Waals surface area contributed by atoms with Gasteiger partial charge in [0, 0.05) is 11.6 Å². The fraction of sp³-hybridized carbons (Fsp3) is 0.200. The van der Waals surface area contributed by atoms with Gasteiger partial charge in [-0.3, -0.25) is 0 Å². The van der Waals surface area contributed by atoms with E-state index in [1.54, 1.807) is 6.92 Å². The van der Waals surface area contributed by atoms with Gasteiger partial charge in [0.2, 0.25) is 0 Å². The first kappa shape index (κ1) is 14.8. The first-order chi connectivity index (χ1) is 9.38. The molecule has 0 aliphatic heterocycles. The number of aliphatic hydroxyl groups is 1. The van der Waals surface area contributed by atoms with Crippen LogP contribution in [0.5, 0.6) is 11.5 Å². The van der Waals surface area contributed by atoms with Gasteiger partial charge in [-0.05, 0) is 43.7 Å². The summed E-state index contributed by atoms with van der Waals surface area (Å²) in [6.07, 6.45) is -0.893. The van der Waals surface area contributed by atoms with Gasteiger partial charge >= 0.3 is 0 Å². The highest BCUT2D eigenvalue weighted by Crippen LogP contribution is 2.33. The highest BCUT2D eigenvalue weighted by molar-refractivity contribution is 6.30. The Labute approximate surface area is 120 Å². The molecule has 0 heterocycles. The standard InChI is InChI=1S/C15H13ClF2O2/c1-8-5-15(11(9(2)19)7-14(8)18)20-10-3-4-13(17)12(16)6-10/h3-7,9,19H,1-2H3/t9-/m0/s1. The Morgan fingerprint density at radius 3 is 2.45 bits per heavy atom. The number of rotatable bonds is 3.